The maximum atomic E-state index is 12.0. The van der Waals surface area contributed by atoms with Crippen molar-refractivity contribution in [1.82, 2.24) is 19.8 Å². The van der Waals surface area contributed by atoms with E-state index in [0.717, 1.165) is 19.6 Å². The summed E-state index contributed by atoms with van der Waals surface area (Å²) in [5.41, 5.74) is -0.502. The molecule has 0 bridgehead atoms. The smallest absolute Gasteiger partial charge is 0.345 e. The van der Waals surface area contributed by atoms with Gasteiger partial charge < -0.3 is 14.6 Å². The molecule has 1 aromatic heterocycles. The van der Waals surface area contributed by atoms with Gasteiger partial charge in [-0.2, -0.15) is 0 Å². The zero-order chi connectivity index (χ0) is 14.7. The molecule has 0 aromatic carbocycles. The highest BCUT2D eigenvalue weighted by atomic mass is 16.5. The van der Waals surface area contributed by atoms with Gasteiger partial charge in [0.1, 0.15) is 11.4 Å². The van der Waals surface area contributed by atoms with Gasteiger partial charge in [0.05, 0.1) is 12.6 Å². The topological polar surface area (TPSA) is 78.5 Å². The first-order valence-corrected chi connectivity index (χ1v) is 6.68. The minimum atomic E-state index is -0.637. The Bertz CT molecular complexity index is 543. The highest BCUT2D eigenvalue weighted by Crippen LogP contribution is 2.19. The van der Waals surface area contributed by atoms with Crippen molar-refractivity contribution in [3.05, 3.63) is 27.9 Å². The van der Waals surface area contributed by atoms with E-state index in [1.807, 2.05) is 14.1 Å². The largest absolute Gasteiger partial charge is 0.462 e. The molecule has 20 heavy (non-hydrogen) atoms. The lowest BCUT2D eigenvalue weighted by Crippen LogP contribution is -2.45. The molecule has 1 aromatic rings. The Morgan fingerprint density at radius 1 is 1.50 bits per heavy atom. The Kier molecular flexibility index (Phi) is 4.51. The summed E-state index contributed by atoms with van der Waals surface area (Å²) >= 11 is 0. The van der Waals surface area contributed by atoms with Gasteiger partial charge in [-0.15, -0.1) is 0 Å². The Hall–Kier alpha value is -1.73. The summed E-state index contributed by atoms with van der Waals surface area (Å²) in [6.07, 6.45) is 1.30. The molecule has 0 radical (unpaired) electrons. The van der Waals surface area contributed by atoms with Gasteiger partial charge in [0.25, 0.3) is 5.56 Å². The normalized spacial score (nSPS) is 20.9. The van der Waals surface area contributed by atoms with Crippen LogP contribution >= 0.6 is 0 Å². The number of rotatable bonds is 3. The van der Waals surface area contributed by atoms with Gasteiger partial charge >= 0.3 is 5.97 Å². The molecular weight excluding hydrogens is 260 g/mol. The number of aromatic amines is 1. The summed E-state index contributed by atoms with van der Waals surface area (Å²) in [6, 6.07) is 0.0256. The maximum Gasteiger partial charge on any atom is 0.345 e. The summed E-state index contributed by atoms with van der Waals surface area (Å²) in [4.78, 5) is 34.8. The fourth-order valence-electron chi connectivity index (χ4n) is 2.24. The van der Waals surface area contributed by atoms with Crippen LogP contribution < -0.4 is 5.56 Å². The number of aromatic nitrogens is 2. The highest BCUT2D eigenvalue weighted by molar-refractivity contribution is 5.88. The lowest BCUT2D eigenvalue weighted by molar-refractivity contribution is 0.0523. The van der Waals surface area contributed by atoms with Gasteiger partial charge in [0.15, 0.2) is 0 Å². The first-order valence-electron chi connectivity index (χ1n) is 6.68. The molecule has 1 atom stereocenters. The number of nitrogens with zero attached hydrogens (tertiary/aromatic N) is 3. The van der Waals surface area contributed by atoms with Gasteiger partial charge in [0.2, 0.25) is 0 Å². The second-order valence-corrected chi connectivity index (χ2v) is 4.99. The number of ether oxygens (including phenoxy) is 1. The van der Waals surface area contributed by atoms with Crippen molar-refractivity contribution in [2.45, 2.75) is 13.0 Å². The van der Waals surface area contributed by atoms with Crippen LogP contribution in [-0.2, 0) is 4.74 Å². The van der Waals surface area contributed by atoms with Gasteiger partial charge in [-0.1, -0.05) is 0 Å². The number of carbonyl (C=O) groups is 1. The van der Waals surface area contributed by atoms with Crippen LogP contribution in [0.2, 0.25) is 0 Å². The van der Waals surface area contributed by atoms with Crippen molar-refractivity contribution in [3.63, 3.8) is 0 Å². The molecule has 0 amide bonds. The first kappa shape index (κ1) is 14.7. The van der Waals surface area contributed by atoms with E-state index in [1.165, 1.54) is 6.20 Å². The van der Waals surface area contributed by atoms with Crippen molar-refractivity contribution >= 4 is 5.97 Å². The van der Waals surface area contributed by atoms with E-state index >= 15 is 0 Å². The molecule has 0 saturated carbocycles. The van der Waals surface area contributed by atoms with Gasteiger partial charge in [-0.25, -0.2) is 9.78 Å². The number of H-pyrrole nitrogens is 1. The van der Waals surface area contributed by atoms with Crippen molar-refractivity contribution in [3.8, 4) is 0 Å². The molecule has 1 unspecified atom stereocenters. The number of piperazine rings is 1. The van der Waals surface area contributed by atoms with E-state index in [0.29, 0.717) is 5.82 Å². The summed E-state index contributed by atoms with van der Waals surface area (Å²) in [6.45, 7) is 4.61. The van der Waals surface area contributed by atoms with Gasteiger partial charge in [-0.05, 0) is 21.0 Å². The van der Waals surface area contributed by atoms with E-state index in [4.69, 9.17) is 4.74 Å². The second kappa shape index (κ2) is 6.15. The molecule has 7 heteroatoms. The highest BCUT2D eigenvalue weighted by Gasteiger charge is 2.26. The second-order valence-electron chi connectivity index (χ2n) is 4.99. The van der Waals surface area contributed by atoms with E-state index < -0.39 is 11.5 Å². The first-order chi connectivity index (χ1) is 9.52. The lowest BCUT2D eigenvalue weighted by atomic mass is 10.1. The molecule has 2 rings (SSSR count). The quantitative estimate of drug-likeness (QED) is 0.777. The number of nitrogens with one attached hydrogen (secondary N) is 1. The van der Waals surface area contributed by atoms with Crippen LogP contribution in [-0.4, -0.2) is 66.1 Å². The minimum absolute atomic E-state index is 0.0256. The molecule has 1 saturated heterocycles. The zero-order valence-electron chi connectivity index (χ0n) is 12.0. The van der Waals surface area contributed by atoms with E-state index in [2.05, 4.69) is 19.8 Å². The lowest BCUT2D eigenvalue weighted by Gasteiger charge is -2.36. The van der Waals surface area contributed by atoms with Gasteiger partial charge in [0, 0.05) is 25.8 Å². The summed E-state index contributed by atoms with van der Waals surface area (Å²) in [5.74, 6) is -0.0565. The van der Waals surface area contributed by atoms with Crippen LogP contribution in [0.1, 0.15) is 29.1 Å². The molecule has 1 fully saturated rings. The van der Waals surface area contributed by atoms with Crippen molar-refractivity contribution < 1.29 is 9.53 Å². The van der Waals surface area contributed by atoms with Crippen molar-refractivity contribution in [2.24, 2.45) is 0 Å². The average molecular weight is 280 g/mol. The number of carbonyl (C=O) groups excluding carboxylic acids is 1. The minimum Gasteiger partial charge on any atom is -0.462 e. The third-order valence-corrected chi connectivity index (χ3v) is 3.48. The van der Waals surface area contributed by atoms with Crippen LogP contribution in [0.15, 0.2) is 11.0 Å². The number of likely N-dealkylation sites (N-methyl/N-ethyl adjacent to an activating group) is 2. The average Bonchev–Trinajstić information content (AvgIpc) is 2.41. The third kappa shape index (κ3) is 3.05. The molecule has 7 nitrogen and oxygen atoms in total. The molecule has 0 spiro atoms. The fraction of sp³-hybridized carbons (Fsp3) is 0.615. The zero-order valence-corrected chi connectivity index (χ0v) is 12.0. The van der Waals surface area contributed by atoms with E-state index in [9.17, 15) is 9.59 Å². The molecular formula is C13H20N4O3. The Morgan fingerprint density at radius 2 is 2.25 bits per heavy atom. The summed E-state index contributed by atoms with van der Waals surface area (Å²) in [7, 11) is 4.03. The summed E-state index contributed by atoms with van der Waals surface area (Å²) in [5, 5.41) is 0. The number of hydrogen-bond donors (Lipinski definition) is 1. The third-order valence-electron chi connectivity index (χ3n) is 3.48. The molecule has 2 heterocycles. The Balaban J connectivity index is 2.24. The Morgan fingerprint density at radius 3 is 2.90 bits per heavy atom. The predicted molar refractivity (Wildman–Crippen MR) is 73.7 cm³/mol. The summed E-state index contributed by atoms with van der Waals surface area (Å²) < 4.78 is 4.81. The molecule has 0 aliphatic carbocycles. The molecule has 1 N–H and O–H groups in total. The van der Waals surface area contributed by atoms with Crippen LogP contribution in [0.25, 0.3) is 0 Å². The monoisotopic (exact) mass is 280 g/mol. The van der Waals surface area contributed by atoms with Gasteiger partial charge in [-0.3, -0.25) is 9.69 Å². The van der Waals surface area contributed by atoms with Crippen LogP contribution in [0.3, 0.4) is 0 Å². The molecule has 1 aliphatic rings. The van der Waals surface area contributed by atoms with Crippen LogP contribution in [0, 0.1) is 0 Å². The molecule has 1 aliphatic heterocycles. The number of esters is 1. The predicted octanol–water partition coefficient (Wildman–Crippen LogP) is -0.135. The van der Waals surface area contributed by atoms with Crippen molar-refractivity contribution in [1.29, 1.82) is 0 Å². The standard InChI is InChI=1S/C13H20N4O3/c1-4-20-13(19)9-7-14-11(15-12(9)18)10-8-16(2)5-6-17(10)3/h7,10H,4-6,8H2,1-3H3,(H,14,15,18). The fourth-order valence-corrected chi connectivity index (χ4v) is 2.24. The van der Waals surface area contributed by atoms with E-state index in [-0.39, 0.29) is 18.2 Å². The SMILES string of the molecule is CCOC(=O)c1cnc(C2CN(C)CCN2C)[nH]c1=O. The maximum absolute atomic E-state index is 12.0. The Labute approximate surface area is 117 Å². The van der Waals surface area contributed by atoms with E-state index in [1.54, 1.807) is 6.92 Å². The van der Waals surface area contributed by atoms with Crippen LogP contribution in [0.4, 0.5) is 0 Å². The van der Waals surface area contributed by atoms with Crippen molar-refractivity contribution in [2.75, 3.05) is 40.3 Å². The molecule has 110 valence electrons. The van der Waals surface area contributed by atoms with Crippen LogP contribution in [0.5, 0.6) is 0 Å². The number of hydrogen-bond acceptors (Lipinski definition) is 6.